The van der Waals surface area contributed by atoms with Crippen molar-refractivity contribution >= 4 is 51.9 Å². The maximum Gasteiger partial charge on any atom is 0.259 e. The number of rotatable bonds is 7. The Kier molecular flexibility index (Phi) is 7.20. The highest BCUT2D eigenvalue weighted by Crippen LogP contribution is 2.35. The predicted molar refractivity (Wildman–Crippen MR) is 146 cm³/mol. The molecule has 2 aliphatic rings. The van der Waals surface area contributed by atoms with E-state index >= 15 is 0 Å². The van der Waals surface area contributed by atoms with E-state index in [9.17, 15) is 9.59 Å². The lowest BCUT2D eigenvalue weighted by molar-refractivity contribution is -0.124. The minimum atomic E-state index is -0.525. The van der Waals surface area contributed by atoms with Gasteiger partial charge in [0, 0.05) is 23.6 Å². The van der Waals surface area contributed by atoms with Crippen molar-refractivity contribution in [2.75, 3.05) is 6.54 Å². The number of nitrogens with zero attached hydrogens (tertiary/aromatic N) is 3. The molecule has 0 aromatic heterocycles. The highest BCUT2D eigenvalue weighted by molar-refractivity contribution is 8.15. The fourth-order valence-electron chi connectivity index (χ4n) is 4.19. The first-order valence-electron chi connectivity index (χ1n) is 11.8. The molecule has 6 nitrogen and oxygen atoms in total. The average Bonchev–Trinajstić information content (AvgIpc) is 3.22. The number of carbonyl (C=O) groups is 2. The molecule has 1 N–H and O–H groups in total. The molecule has 0 saturated heterocycles. The highest BCUT2D eigenvalue weighted by atomic mass is 35.5. The summed E-state index contributed by atoms with van der Waals surface area (Å²) < 4.78 is 0. The number of amides is 2. The normalized spacial score (nSPS) is 17.1. The molecule has 2 amide bonds. The summed E-state index contributed by atoms with van der Waals surface area (Å²) in [4.78, 5) is 37.5. The molecule has 0 saturated carbocycles. The average molecular weight is 517 g/mol. The Morgan fingerprint density at radius 3 is 2.53 bits per heavy atom. The van der Waals surface area contributed by atoms with Gasteiger partial charge >= 0.3 is 0 Å². The van der Waals surface area contributed by atoms with Gasteiger partial charge in [-0.1, -0.05) is 78.0 Å². The van der Waals surface area contributed by atoms with Gasteiger partial charge in [-0.3, -0.25) is 14.6 Å². The Labute approximate surface area is 219 Å². The molecule has 8 heteroatoms. The molecule has 5 rings (SSSR count). The third-order valence-corrected chi connectivity index (χ3v) is 7.40. The first kappa shape index (κ1) is 24.3. The topological polar surface area (TPSA) is 74.1 Å². The fourth-order valence-corrected chi connectivity index (χ4v) is 5.25. The molecule has 2 heterocycles. The van der Waals surface area contributed by atoms with E-state index in [1.165, 1.54) is 11.8 Å². The van der Waals surface area contributed by atoms with Crippen LogP contribution in [0.2, 0.25) is 5.02 Å². The standard InChI is InChI=1S/C28H25ClN4O2S/c1-18(26(34)30-16-15-19-11-13-21(29)14-12-19)36-28-32-23-10-6-5-9-22(23)25-31-24(27(35)33(25)28)17-20-7-3-2-4-8-20/h2-14,18,24H,15-17H2,1H3,(H,30,34)/t18-,24-/m0/s1. The number of amidine groups is 2. The molecule has 182 valence electrons. The van der Waals surface area contributed by atoms with Crippen LogP contribution in [0.25, 0.3) is 0 Å². The molecule has 36 heavy (non-hydrogen) atoms. The monoisotopic (exact) mass is 516 g/mol. The van der Waals surface area contributed by atoms with E-state index < -0.39 is 11.3 Å². The van der Waals surface area contributed by atoms with Gasteiger partial charge in [0.2, 0.25) is 5.91 Å². The fraction of sp³-hybridized carbons (Fsp3) is 0.214. The summed E-state index contributed by atoms with van der Waals surface area (Å²) in [5, 5.41) is 3.71. The van der Waals surface area contributed by atoms with Crippen molar-refractivity contribution in [2.45, 2.75) is 31.1 Å². The molecular formula is C28H25ClN4O2S. The van der Waals surface area contributed by atoms with Crippen molar-refractivity contribution in [1.29, 1.82) is 0 Å². The van der Waals surface area contributed by atoms with Crippen LogP contribution in [0.4, 0.5) is 5.69 Å². The van der Waals surface area contributed by atoms with Gasteiger partial charge in [0.1, 0.15) is 11.9 Å². The molecule has 2 atom stereocenters. The van der Waals surface area contributed by atoms with Gasteiger partial charge < -0.3 is 5.32 Å². The lowest BCUT2D eigenvalue weighted by atomic mass is 10.1. The lowest BCUT2D eigenvalue weighted by Gasteiger charge is -2.27. The van der Waals surface area contributed by atoms with Crippen LogP contribution >= 0.6 is 23.4 Å². The van der Waals surface area contributed by atoms with Gasteiger partial charge in [-0.25, -0.2) is 9.89 Å². The van der Waals surface area contributed by atoms with Gasteiger partial charge in [-0.2, -0.15) is 0 Å². The minimum absolute atomic E-state index is 0.110. The number of hydrogen-bond donors (Lipinski definition) is 1. The summed E-state index contributed by atoms with van der Waals surface area (Å²) in [6.07, 6.45) is 1.22. The Balaban J connectivity index is 1.30. The number of thioether (sulfide) groups is 1. The predicted octanol–water partition coefficient (Wildman–Crippen LogP) is 5.02. The highest BCUT2D eigenvalue weighted by Gasteiger charge is 2.42. The summed E-state index contributed by atoms with van der Waals surface area (Å²) in [7, 11) is 0. The Hall–Kier alpha value is -3.42. The smallest absolute Gasteiger partial charge is 0.259 e. The lowest BCUT2D eigenvalue weighted by Crippen LogP contribution is -2.43. The van der Waals surface area contributed by atoms with E-state index in [1.54, 1.807) is 4.90 Å². The van der Waals surface area contributed by atoms with E-state index in [2.05, 4.69) is 5.32 Å². The van der Waals surface area contributed by atoms with Gasteiger partial charge in [-0.05, 0) is 48.7 Å². The second-order valence-corrected chi connectivity index (χ2v) is 10.4. The molecule has 2 aliphatic heterocycles. The van der Waals surface area contributed by atoms with E-state index in [4.69, 9.17) is 21.6 Å². The van der Waals surface area contributed by atoms with Crippen LogP contribution in [0.15, 0.2) is 88.8 Å². The number of fused-ring (bicyclic) bond motifs is 3. The van der Waals surface area contributed by atoms with Gasteiger partial charge in [0.25, 0.3) is 5.91 Å². The Morgan fingerprint density at radius 1 is 1.03 bits per heavy atom. The molecule has 0 radical (unpaired) electrons. The molecular weight excluding hydrogens is 492 g/mol. The molecule has 0 fully saturated rings. The molecule has 0 unspecified atom stereocenters. The number of hydrogen-bond acceptors (Lipinski definition) is 5. The quantitative estimate of drug-likeness (QED) is 0.479. The van der Waals surface area contributed by atoms with Crippen molar-refractivity contribution in [2.24, 2.45) is 9.98 Å². The van der Waals surface area contributed by atoms with Crippen LogP contribution in [0.1, 0.15) is 23.6 Å². The van der Waals surface area contributed by atoms with E-state index in [-0.39, 0.29) is 11.8 Å². The van der Waals surface area contributed by atoms with Crippen molar-refractivity contribution in [3.63, 3.8) is 0 Å². The number of para-hydroxylation sites is 1. The maximum atomic E-state index is 13.5. The molecule has 3 aromatic carbocycles. The van der Waals surface area contributed by atoms with Crippen LogP contribution < -0.4 is 5.32 Å². The van der Waals surface area contributed by atoms with Crippen LogP contribution in [-0.4, -0.2) is 45.6 Å². The summed E-state index contributed by atoms with van der Waals surface area (Å²) in [6.45, 7) is 2.33. The molecule has 3 aromatic rings. The van der Waals surface area contributed by atoms with Crippen molar-refractivity contribution in [3.8, 4) is 0 Å². The van der Waals surface area contributed by atoms with Crippen LogP contribution in [0.5, 0.6) is 0 Å². The van der Waals surface area contributed by atoms with E-state index in [0.29, 0.717) is 35.4 Å². The zero-order valence-corrected chi connectivity index (χ0v) is 21.3. The molecule has 0 bridgehead atoms. The van der Waals surface area contributed by atoms with Crippen LogP contribution in [-0.2, 0) is 22.4 Å². The number of benzene rings is 3. The first-order valence-corrected chi connectivity index (χ1v) is 13.1. The summed E-state index contributed by atoms with van der Waals surface area (Å²) in [6, 6.07) is 24.6. The number of halogens is 1. The van der Waals surface area contributed by atoms with Gasteiger partial charge in [0.15, 0.2) is 5.17 Å². The third kappa shape index (κ3) is 5.22. The maximum absolute atomic E-state index is 13.5. The largest absolute Gasteiger partial charge is 0.355 e. The van der Waals surface area contributed by atoms with Crippen LogP contribution in [0.3, 0.4) is 0 Å². The summed E-state index contributed by atoms with van der Waals surface area (Å²) in [5.41, 5.74) is 3.72. The van der Waals surface area contributed by atoms with Crippen LogP contribution in [0, 0.1) is 0 Å². The first-order chi connectivity index (χ1) is 17.5. The third-order valence-electron chi connectivity index (χ3n) is 6.10. The summed E-state index contributed by atoms with van der Waals surface area (Å²) >= 11 is 7.21. The second-order valence-electron chi connectivity index (χ2n) is 8.67. The van der Waals surface area contributed by atoms with Crippen molar-refractivity contribution in [3.05, 3.63) is 101 Å². The number of aliphatic imine (C=N–C) groups is 2. The van der Waals surface area contributed by atoms with Crippen molar-refractivity contribution < 1.29 is 9.59 Å². The molecule has 0 aliphatic carbocycles. The Morgan fingerprint density at radius 2 is 1.75 bits per heavy atom. The SMILES string of the molecule is C[C@H](SC1=Nc2ccccc2C2=N[C@@H](Cc3ccccc3)C(=O)N12)C(=O)NCCc1ccc(Cl)cc1. The van der Waals surface area contributed by atoms with Crippen molar-refractivity contribution in [1.82, 2.24) is 10.2 Å². The second kappa shape index (κ2) is 10.7. The number of carbonyl (C=O) groups excluding carboxylic acids is 2. The number of nitrogens with one attached hydrogen (secondary N) is 1. The zero-order valence-electron chi connectivity index (χ0n) is 19.7. The Bertz CT molecular complexity index is 1340. The van der Waals surface area contributed by atoms with Gasteiger partial charge in [-0.15, -0.1) is 0 Å². The minimum Gasteiger partial charge on any atom is -0.355 e. The molecule has 0 spiro atoms. The van der Waals surface area contributed by atoms with E-state index in [1.807, 2.05) is 85.8 Å². The van der Waals surface area contributed by atoms with Gasteiger partial charge in [0.05, 0.1) is 10.9 Å². The van der Waals surface area contributed by atoms with E-state index in [0.717, 1.165) is 22.4 Å². The summed E-state index contributed by atoms with van der Waals surface area (Å²) in [5.74, 6) is 0.371. The zero-order chi connectivity index (χ0) is 25.1.